The van der Waals surface area contributed by atoms with Crippen LogP contribution in [0.2, 0.25) is 0 Å². The van der Waals surface area contributed by atoms with E-state index in [1.54, 1.807) is 0 Å². The Morgan fingerprint density at radius 3 is 2.31 bits per heavy atom. The highest BCUT2D eigenvalue weighted by Crippen LogP contribution is 2.14. The van der Waals surface area contributed by atoms with Crippen molar-refractivity contribution in [3.63, 3.8) is 0 Å². The van der Waals surface area contributed by atoms with Gasteiger partial charge < -0.3 is 0 Å². The first-order valence-electron chi connectivity index (χ1n) is 4.13. The highest BCUT2D eigenvalue weighted by Gasteiger charge is 1.95. The van der Waals surface area contributed by atoms with Crippen LogP contribution in [0.4, 0.5) is 0 Å². The van der Waals surface area contributed by atoms with Crippen LogP contribution in [0.25, 0.3) is 11.3 Å². The molecule has 0 saturated heterocycles. The van der Waals surface area contributed by atoms with Gasteiger partial charge in [0.05, 0.1) is 5.69 Å². The maximum Gasteiger partial charge on any atom is 0.0702 e. The van der Waals surface area contributed by atoms with E-state index in [0.717, 1.165) is 16.6 Å². The molecule has 1 unspecified atom stereocenters. The molecular weight excluding hydrogens is 177 g/mol. The Bertz CT molecular complexity index is 381. The van der Waals surface area contributed by atoms with Crippen molar-refractivity contribution in [2.75, 3.05) is 0 Å². The molecule has 1 heterocycles. The molecule has 0 saturated carbocycles. The molecule has 1 aromatic heterocycles. The lowest BCUT2D eigenvalue weighted by Crippen LogP contribution is -1.92. The van der Waals surface area contributed by atoms with E-state index in [1.165, 1.54) is 0 Å². The second-order valence-corrected chi connectivity index (χ2v) is 3.51. The predicted molar refractivity (Wildman–Crippen MR) is 59.0 cm³/mol. The molecule has 0 bridgehead atoms. The molecule has 1 aromatic carbocycles. The number of benzene rings is 1. The third-order valence-electron chi connectivity index (χ3n) is 1.86. The van der Waals surface area contributed by atoms with Gasteiger partial charge in [0.2, 0.25) is 0 Å². The zero-order valence-electron chi connectivity index (χ0n) is 7.14. The standard InChI is InChI=1S/C11H10NP/c13-10-6-7-11(12-8-10)9-4-2-1-3-5-9/h1-8H,13H2. The summed E-state index contributed by atoms with van der Waals surface area (Å²) in [4.78, 5) is 4.33. The van der Waals surface area contributed by atoms with Crippen LogP contribution < -0.4 is 5.30 Å². The molecule has 0 spiro atoms. The molecule has 0 N–H and O–H groups in total. The van der Waals surface area contributed by atoms with Gasteiger partial charge in [0, 0.05) is 11.8 Å². The first kappa shape index (κ1) is 8.40. The Morgan fingerprint density at radius 1 is 0.923 bits per heavy atom. The van der Waals surface area contributed by atoms with Crippen LogP contribution in [0.5, 0.6) is 0 Å². The molecule has 64 valence electrons. The van der Waals surface area contributed by atoms with E-state index in [2.05, 4.69) is 26.4 Å². The molecule has 1 atom stereocenters. The Labute approximate surface area is 80.0 Å². The fourth-order valence-corrected chi connectivity index (χ4v) is 1.36. The molecule has 1 nitrogen and oxygen atoms in total. The lowest BCUT2D eigenvalue weighted by Gasteiger charge is -1.99. The number of hydrogen-bond acceptors (Lipinski definition) is 1. The van der Waals surface area contributed by atoms with Crippen LogP contribution in [-0.2, 0) is 0 Å². The minimum atomic E-state index is 1.02. The first-order valence-corrected chi connectivity index (χ1v) is 4.71. The number of nitrogens with zero attached hydrogens (tertiary/aromatic N) is 1. The van der Waals surface area contributed by atoms with Crippen LogP contribution in [0.15, 0.2) is 48.7 Å². The van der Waals surface area contributed by atoms with Crippen LogP contribution in [0.3, 0.4) is 0 Å². The van der Waals surface area contributed by atoms with Crippen LogP contribution in [-0.4, -0.2) is 4.98 Å². The van der Waals surface area contributed by atoms with Gasteiger partial charge in [-0.05, 0) is 11.4 Å². The minimum Gasteiger partial charge on any atom is -0.256 e. The Hall–Kier alpha value is -1.20. The summed E-state index contributed by atoms with van der Waals surface area (Å²) in [7, 11) is 2.63. The van der Waals surface area contributed by atoms with Crippen LogP contribution >= 0.6 is 9.24 Å². The average Bonchev–Trinajstić information content (AvgIpc) is 2.20. The second kappa shape index (κ2) is 3.68. The summed E-state index contributed by atoms with van der Waals surface area (Å²) < 4.78 is 0. The Morgan fingerprint density at radius 2 is 1.69 bits per heavy atom. The molecule has 0 fully saturated rings. The van der Waals surface area contributed by atoms with E-state index >= 15 is 0 Å². The van der Waals surface area contributed by atoms with E-state index in [0.29, 0.717) is 0 Å². The summed E-state index contributed by atoms with van der Waals surface area (Å²) in [5.41, 5.74) is 2.18. The maximum absolute atomic E-state index is 4.33. The summed E-state index contributed by atoms with van der Waals surface area (Å²) in [6.45, 7) is 0. The van der Waals surface area contributed by atoms with Gasteiger partial charge in [0.25, 0.3) is 0 Å². The molecule has 0 aliphatic heterocycles. The molecular formula is C11H10NP. The lowest BCUT2D eigenvalue weighted by molar-refractivity contribution is 1.35. The molecule has 13 heavy (non-hydrogen) atoms. The highest BCUT2D eigenvalue weighted by molar-refractivity contribution is 7.27. The molecule has 0 radical (unpaired) electrons. The van der Waals surface area contributed by atoms with Gasteiger partial charge in [-0.1, -0.05) is 36.4 Å². The smallest absolute Gasteiger partial charge is 0.0702 e. The third-order valence-corrected chi connectivity index (χ3v) is 2.20. The van der Waals surface area contributed by atoms with Gasteiger partial charge in [0.15, 0.2) is 0 Å². The maximum atomic E-state index is 4.33. The molecule has 0 amide bonds. The highest BCUT2D eigenvalue weighted by atomic mass is 31.0. The van der Waals surface area contributed by atoms with Crippen molar-refractivity contribution in [2.24, 2.45) is 0 Å². The fraction of sp³-hybridized carbons (Fsp3) is 0. The zero-order valence-corrected chi connectivity index (χ0v) is 8.30. The van der Waals surface area contributed by atoms with E-state index in [4.69, 9.17) is 0 Å². The molecule has 2 rings (SSSR count). The third kappa shape index (κ3) is 1.93. The number of hydrogen-bond donors (Lipinski definition) is 0. The SMILES string of the molecule is Pc1ccc(-c2ccccc2)nc1. The lowest BCUT2D eigenvalue weighted by atomic mass is 10.1. The second-order valence-electron chi connectivity index (χ2n) is 2.84. The number of rotatable bonds is 1. The topological polar surface area (TPSA) is 12.9 Å². The Kier molecular flexibility index (Phi) is 2.37. The van der Waals surface area contributed by atoms with E-state index in [9.17, 15) is 0 Å². The number of pyridine rings is 1. The van der Waals surface area contributed by atoms with Crippen LogP contribution in [0, 0.1) is 0 Å². The van der Waals surface area contributed by atoms with E-state index in [1.807, 2.05) is 36.5 Å². The fourth-order valence-electron chi connectivity index (χ4n) is 1.18. The van der Waals surface area contributed by atoms with Crippen molar-refractivity contribution in [3.8, 4) is 11.3 Å². The van der Waals surface area contributed by atoms with Gasteiger partial charge in [0.1, 0.15) is 0 Å². The van der Waals surface area contributed by atoms with E-state index in [-0.39, 0.29) is 0 Å². The average molecular weight is 187 g/mol. The van der Waals surface area contributed by atoms with Gasteiger partial charge in [-0.2, -0.15) is 0 Å². The predicted octanol–water partition coefficient (Wildman–Crippen LogP) is 2.25. The summed E-state index contributed by atoms with van der Waals surface area (Å²) in [5, 5.41) is 1.11. The molecule has 2 aromatic rings. The summed E-state index contributed by atoms with van der Waals surface area (Å²) in [6.07, 6.45) is 1.85. The van der Waals surface area contributed by atoms with Crippen molar-refractivity contribution < 1.29 is 0 Å². The van der Waals surface area contributed by atoms with Crippen molar-refractivity contribution in [3.05, 3.63) is 48.7 Å². The summed E-state index contributed by atoms with van der Waals surface area (Å²) in [6, 6.07) is 14.2. The monoisotopic (exact) mass is 187 g/mol. The first-order chi connectivity index (χ1) is 6.36. The minimum absolute atomic E-state index is 1.02. The molecule has 2 heteroatoms. The van der Waals surface area contributed by atoms with Gasteiger partial charge in [-0.3, -0.25) is 4.98 Å². The van der Waals surface area contributed by atoms with Gasteiger partial charge >= 0.3 is 0 Å². The van der Waals surface area contributed by atoms with Gasteiger partial charge in [-0.15, -0.1) is 9.24 Å². The zero-order chi connectivity index (χ0) is 9.10. The van der Waals surface area contributed by atoms with Crippen LogP contribution in [0.1, 0.15) is 0 Å². The number of aromatic nitrogens is 1. The normalized spacial score (nSPS) is 9.92. The Balaban J connectivity index is 2.42. The summed E-state index contributed by atoms with van der Waals surface area (Å²) >= 11 is 0. The van der Waals surface area contributed by atoms with Crippen molar-refractivity contribution in [1.29, 1.82) is 0 Å². The van der Waals surface area contributed by atoms with Gasteiger partial charge in [-0.25, -0.2) is 0 Å². The van der Waals surface area contributed by atoms with Crippen molar-refractivity contribution >= 4 is 14.5 Å². The summed E-state index contributed by atoms with van der Waals surface area (Å²) in [5.74, 6) is 0. The van der Waals surface area contributed by atoms with Crippen molar-refractivity contribution in [2.45, 2.75) is 0 Å². The van der Waals surface area contributed by atoms with Crippen molar-refractivity contribution in [1.82, 2.24) is 4.98 Å². The molecule has 0 aliphatic rings. The largest absolute Gasteiger partial charge is 0.256 e. The molecule has 0 aliphatic carbocycles. The van der Waals surface area contributed by atoms with E-state index < -0.39 is 0 Å². The quantitative estimate of drug-likeness (QED) is 0.624.